The van der Waals surface area contributed by atoms with E-state index >= 15 is 0 Å². The van der Waals surface area contributed by atoms with E-state index in [-0.39, 0.29) is 12.8 Å². The lowest BCUT2D eigenvalue weighted by molar-refractivity contribution is -0.141. The number of ether oxygens (including phenoxy) is 1. The SMILES string of the molecule is COC(=O)CC[C@@]1(O)Sc2ccccc2NC1=O. The molecule has 0 aromatic heterocycles. The first kappa shape index (κ1) is 12.9. The maximum Gasteiger partial charge on any atom is 0.305 e. The normalized spacial score (nSPS) is 22.0. The van der Waals surface area contributed by atoms with Crippen molar-refractivity contribution in [3.8, 4) is 0 Å². The summed E-state index contributed by atoms with van der Waals surface area (Å²) in [6.45, 7) is 0. The zero-order valence-electron chi connectivity index (χ0n) is 9.80. The fraction of sp³-hybridized carbons (Fsp3) is 0.333. The summed E-state index contributed by atoms with van der Waals surface area (Å²) >= 11 is 1.06. The van der Waals surface area contributed by atoms with E-state index in [1.807, 2.05) is 12.1 Å². The molecule has 1 aromatic carbocycles. The summed E-state index contributed by atoms with van der Waals surface area (Å²) in [4.78, 5) is 22.1. The first-order chi connectivity index (χ1) is 8.55. The molecule has 1 aliphatic heterocycles. The van der Waals surface area contributed by atoms with Crippen molar-refractivity contribution in [1.82, 2.24) is 0 Å². The molecule has 96 valence electrons. The molecule has 0 spiro atoms. The number of anilines is 1. The molecule has 0 saturated carbocycles. The van der Waals surface area contributed by atoms with Crippen molar-refractivity contribution in [3.63, 3.8) is 0 Å². The molecule has 1 atom stereocenters. The average Bonchev–Trinajstić information content (AvgIpc) is 2.37. The summed E-state index contributed by atoms with van der Waals surface area (Å²) in [5.41, 5.74) is 0.676. The fourth-order valence-electron chi connectivity index (χ4n) is 1.65. The van der Waals surface area contributed by atoms with Crippen molar-refractivity contribution in [2.24, 2.45) is 0 Å². The molecule has 0 saturated heterocycles. The van der Waals surface area contributed by atoms with Crippen LogP contribution in [0.2, 0.25) is 0 Å². The van der Waals surface area contributed by atoms with Crippen LogP contribution in [0.5, 0.6) is 0 Å². The molecule has 0 unspecified atom stereocenters. The molecule has 0 aliphatic carbocycles. The lowest BCUT2D eigenvalue weighted by Gasteiger charge is -2.31. The Morgan fingerprint density at radius 1 is 1.50 bits per heavy atom. The van der Waals surface area contributed by atoms with Crippen molar-refractivity contribution in [2.45, 2.75) is 22.7 Å². The molecular formula is C12H13NO4S. The van der Waals surface area contributed by atoms with Crippen molar-refractivity contribution in [2.75, 3.05) is 12.4 Å². The Balaban J connectivity index is 2.15. The number of para-hydroxylation sites is 1. The number of carbonyl (C=O) groups excluding carboxylic acids is 2. The lowest BCUT2D eigenvalue weighted by Crippen LogP contribution is -2.42. The maximum absolute atomic E-state index is 11.8. The Morgan fingerprint density at radius 2 is 2.22 bits per heavy atom. The number of carbonyl (C=O) groups is 2. The predicted molar refractivity (Wildman–Crippen MR) is 67.1 cm³/mol. The molecule has 1 aliphatic rings. The number of amides is 1. The van der Waals surface area contributed by atoms with Crippen LogP contribution in [0, 0.1) is 0 Å². The van der Waals surface area contributed by atoms with Crippen LogP contribution in [0.4, 0.5) is 5.69 Å². The zero-order valence-corrected chi connectivity index (χ0v) is 10.6. The third-order valence-electron chi connectivity index (χ3n) is 2.66. The van der Waals surface area contributed by atoms with E-state index in [9.17, 15) is 14.7 Å². The van der Waals surface area contributed by atoms with Gasteiger partial charge in [-0.3, -0.25) is 9.59 Å². The third-order valence-corrected chi connectivity index (χ3v) is 3.97. The van der Waals surface area contributed by atoms with Crippen LogP contribution in [0.15, 0.2) is 29.2 Å². The Labute approximate surface area is 109 Å². The highest BCUT2D eigenvalue weighted by Crippen LogP contribution is 2.43. The first-order valence-electron chi connectivity index (χ1n) is 5.44. The number of methoxy groups -OCH3 is 1. The van der Waals surface area contributed by atoms with Gasteiger partial charge in [0.05, 0.1) is 12.8 Å². The van der Waals surface area contributed by atoms with Crippen LogP contribution in [-0.2, 0) is 14.3 Å². The summed E-state index contributed by atoms with van der Waals surface area (Å²) in [6, 6.07) is 7.20. The average molecular weight is 267 g/mol. The molecule has 5 nitrogen and oxygen atoms in total. The van der Waals surface area contributed by atoms with Gasteiger partial charge >= 0.3 is 5.97 Å². The maximum atomic E-state index is 11.8. The van der Waals surface area contributed by atoms with E-state index in [1.165, 1.54) is 7.11 Å². The van der Waals surface area contributed by atoms with Crippen LogP contribution >= 0.6 is 11.8 Å². The largest absolute Gasteiger partial charge is 0.469 e. The fourth-order valence-corrected chi connectivity index (χ4v) is 2.73. The van der Waals surface area contributed by atoms with E-state index in [2.05, 4.69) is 10.1 Å². The minimum Gasteiger partial charge on any atom is -0.469 e. The van der Waals surface area contributed by atoms with Gasteiger partial charge in [-0.25, -0.2) is 0 Å². The molecule has 2 rings (SSSR count). The number of fused-ring (bicyclic) bond motifs is 1. The third kappa shape index (κ3) is 2.49. The smallest absolute Gasteiger partial charge is 0.305 e. The van der Waals surface area contributed by atoms with Gasteiger partial charge in [0, 0.05) is 17.7 Å². The number of nitrogens with one attached hydrogen (secondary N) is 1. The van der Waals surface area contributed by atoms with Crippen LogP contribution in [0.3, 0.4) is 0 Å². The van der Waals surface area contributed by atoms with Crippen LogP contribution in [-0.4, -0.2) is 29.0 Å². The number of aliphatic hydroxyl groups is 1. The van der Waals surface area contributed by atoms with Gasteiger partial charge in [-0.05, 0) is 12.1 Å². The predicted octanol–water partition coefficient (Wildman–Crippen LogP) is 1.37. The number of hydrogen-bond donors (Lipinski definition) is 2. The molecule has 18 heavy (non-hydrogen) atoms. The Morgan fingerprint density at radius 3 is 2.94 bits per heavy atom. The number of thioether (sulfide) groups is 1. The standard InChI is InChI=1S/C12H13NO4S/c1-17-10(14)6-7-12(16)11(15)13-8-4-2-3-5-9(8)18-12/h2-5,16H,6-7H2,1H3,(H,13,15)/t12-/m1/s1. The molecule has 0 bridgehead atoms. The van der Waals surface area contributed by atoms with E-state index in [1.54, 1.807) is 12.1 Å². The van der Waals surface area contributed by atoms with Crippen molar-refractivity contribution >= 4 is 29.3 Å². The van der Waals surface area contributed by atoms with Crippen LogP contribution in [0.1, 0.15) is 12.8 Å². The monoisotopic (exact) mass is 267 g/mol. The van der Waals surface area contributed by atoms with Gasteiger partial charge in [-0.2, -0.15) is 0 Å². The van der Waals surface area contributed by atoms with E-state index < -0.39 is 16.8 Å². The van der Waals surface area contributed by atoms with E-state index in [0.29, 0.717) is 5.69 Å². The second-order valence-electron chi connectivity index (χ2n) is 3.91. The van der Waals surface area contributed by atoms with E-state index in [4.69, 9.17) is 0 Å². The van der Waals surface area contributed by atoms with Crippen molar-refractivity contribution in [1.29, 1.82) is 0 Å². The summed E-state index contributed by atoms with van der Waals surface area (Å²) in [6.07, 6.45) is 0.0140. The van der Waals surface area contributed by atoms with Gasteiger partial charge in [0.15, 0.2) is 4.93 Å². The molecular weight excluding hydrogens is 254 g/mol. The lowest BCUT2D eigenvalue weighted by atomic mass is 10.1. The van der Waals surface area contributed by atoms with Gasteiger partial charge in [0.2, 0.25) is 0 Å². The summed E-state index contributed by atoms with van der Waals surface area (Å²) in [7, 11) is 1.27. The number of esters is 1. The molecule has 2 N–H and O–H groups in total. The number of rotatable bonds is 3. The highest BCUT2D eigenvalue weighted by molar-refractivity contribution is 8.01. The van der Waals surface area contributed by atoms with Crippen molar-refractivity contribution in [3.05, 3.63) is 24.3 Å². The van der Waals surface area contributed by atoms with E-state index in [0.717, 1.165) is 16.7 Å². The molecule has 1 aromatic rings. The highest BCUT2D eigenvalue weighted by Gasteiger charge is 2.41. The molecule has 0 radical (unpaired) electrons. The highest BCUT2D eigenvalue weighted by atomic mass is 32.2. The number of benzene rings is 1. The quantitative estimate of drug-likeness (QED) is 0.809. The molecule has 1 amide bonds. The van der Waals surface area contributed by atoms with Gasteiger partial charge in [0.1, 0.15) is 0 Å². The van der Waals surface area contributed by atoms with Crippen molar-refractivity contribution < 1.29 is 19.4 Å². The van der Waals surface area contributed by atoms with Gasteiger partial charge in [-0.15, -0.1) is 0 Å². The number of hydrogen-bond acceptors (Lipinski definition) is 5. The van der Waals surface area contributed by atoms with Gasteiger partial charge in [-0.1, -0.05) is 23.9 Å². The zero-order chi connectivity index (χ0) is 13.2. The summed E-state index contributed by atoms with van der Waals surface area (Å²) in [5, 5.41) is 12.9. The minimum absolute atomic E-state index is 0.00438. The molecule has 0 fully saturated rings. The minimum atomic E-state index is -1.62. The Hall–Kier alpha value is -1.53. The Bertz CT molecular complexity index is 491. The topological polar surface area (TPSA) is 75.6 Å². The molecule has 1 heterocycles. The second kappa shape index (κ2) is 4.99. The Kier molecular flexibility index (Phi) is 3.58. The second-order valence-corrected chi connectivity index (χ2v) is 5.23. The van der Waals surface area contributed by atoms with Gasteiger partial charge < -0.3 is 15.2 Å². The summed E-state index contributed by atoms with van der Waals surface area (Å²) < 4.78 is 4.50. The summed E-state index contributed by atoms with van der Waals surface area (Å²) in [5.74, 6) is -0.953. The first-order valence-corrected chi connectivity index (χ1v) is 6.25. The van der Waals surface area contributed by atoms with Crippen LogP contribution in [0.25, 0.3) is 0 Å². The van der Waals surface area contributed by atoms with Gasteiger partial charge in [0.25, 0.3) is 5.91 Å². The molecule has 6 heteroatoms. The van der Waals surface area contributed by atoms with Crippen LogP contribution < -0.4 is 5.32 Å².